The summed E-state index contributed by atoms with van der Waals surface area (Å²) < 4.78 is 0. The van der Waals surface area contributed by atoms with E-state index < -0.39 is 0 Å². The Morgan fingerprint density at radius 1 is 1.19 bits per heavy atom. The van der Waals surface area contributed by atoms with Crippen LogP contribution in [-0.2, 0) is 6.61 Å². The molecule has 3 N–H and O–H groups in total. The molecule has 1 aromatic carbocycles. The summed E-state index contributed by atoms with van der Waals surface area (Å²) >= 11 is 0. The zero-order valence-corrected chi connectivity index (χ0v) is 12.3. The first-order chi connectivity index (χ1) is 10.2. The largest absolute Gasteiger partial charge is 0.396 e. The Labute approximate surface area is 125 Å². The molecular weight excluding hydrogens is 268 g/mol. The van der Waals surface area contributed by atoms with Gasteiger partial charge in [0.2, 0.25) is 0 Å². The number of aliphatic hydroxyl groups is 2. The monoisotopic (exact) mass is 292 g/mol. The van der Waals surface area contributed by atoms with E-state index in [2.05, 4.69) is 10.2 Å². The van der Waals surface area contributed by atoms with Crippen molar-refractivity contribution in [2.24, 2.45) is 0 Å². The third-order valence-electron chi connectivity index (χ3n) is 3.95. The number of likely N-dealkylation sites (tertiary alicyclic amines) is 1. The Hall–Kier alpha value is -1.43. The summed E-state index contributed by atoms with van der Waals surface area (Å²) in [6.07, 6.45) is 2.71. The summed E-state index contributed by atoms with van der Waals surface area (Å²) in [7, 11) is 0. The van der Waals surface area contributed by atoms with Crippen molar-refractivity contribution in [1.82, 2.24) is 10.2 Å². The molecule has 0 aromatic heterocycles. The van der Waals surface area contributed by atoms with E-state index in [-0.39, 0.29) is 25.2 Å². The van der Waals surface area contributed by atoms with Crippen LogP contribution in [0.2, 0.25) is 0 Å². The predicted molar refractivity (Wildman–Crippen MR) is 81.0 cm³/mol. The van der Waals surface area contributed by atoms with Crippen LogP contribution in [0.5, 0.6) is 0 Å². The second-order valence-electron chi connectivity index (χ2n) is 5.52. The Kier molecular flexibility index (Phi) is 6.17. The molecule has 21 heavy (non-hydrogen) atoms. The van der Waals surface area contributed by atoms with Crippen LogP contribution in [0.1, 0.15) is 35.2 Å². The quantitative estimate of drug-likeness (QED) is 0.723. The number of hydrogen-bond acceptors (Lipinski definition) is 4. The van der Waals surface area contributed by atoms with Gasteiger partial charge in [0.25, 0.3) is 5.91 Å². The summed E-state index contributed by atoms with van der Waals surface area (Å²) in [6, 6.07) is 7.26. The minimum absolute atomic E-state index is 0.00576. The van der Waals surface area contributed by atoms with Crippen molar-refractivity contribution in [1.29, 1.82) is 0 Å². The Balaban J connectivity index is 1.78. The zero-order chi connectivity index (χ0) is 15.1. The number of benzene rings is 1. The van der Waals surface area contributed by atoms with Crippen molar-refractivity contribution < 1.29 is 15.0 Å². The highest BCUT2D eigenvalue weighted by Crippen LogP contribution is 2.12. The van der Waals surface area contributed by atoms with Gasteiger partial charge in [-0.3, -0.25) is 4.79 Å². The first-order valence-corrected chi connectivity index (χ1v) is 7.57. The van der Waals surface area contributed by atoms with E-state index in [1.54, 1.807) is 24.3 Å². The van der Waals surface area contributed by atoms with Crippen LogP contribution in [0.25, 0.3) is 0 Å². The Morgan fingerprint density at radius 2 is 1.86 bits per heavy atom. The van der Waals surface area contributed by atoms with Crippen LogP contribution < -0.4 is 5.32 Å². The molecule has 1 amide bonds. The second kappa shape index (κ2) is 8.12. The molecule has 0 saturated carbocycles. The van der Waals surface area contributed by atoms with Gasteiger partial charge in [0.05, 0.1) is 6.61 Å². The maximum absolute atomic E-state index is 12.1. The van der Waals surface area contributed by atoms with Gasteiger partial charge in [-0.2, -0.15) is 0 Å². The molecule has 1 aliphatic rings. The molecule has 0 radical (unpaired) electrons. The average molecular weight is 292 g/mol. The predicted octanol–water partition coefficient (Wildman–Crippen LogP) is 0.755. The van der Waals surface area contributed by atoms with Gasteiger partial charge in [0.15, 0.2) is 0 Å². The summed E-state index contributed by atoms with van der Waals surface area (Å²) in [5, 5.41) is 20.9. The van der Waals surface area contributed by atoms with Gasteiger partial charge < -0.3 is 20.4 Å². The molecule has 1 heterocycles. The van der Waals surface area contributed by atoms with Crippen LogP contribution in [0.4, 0.5) is 0 Å². The minimum Gasteiger partial charge on any atom is -0.396 e. The van der Waals surface area contributed by atoms with Crippen molar-refractivity contribution >= 4 is 5.91 Å². The molecule has 5 heteroatoms. The fourth-order valence-corrected chi connectivity index (χ4v) is 2.63. The van der Waals surface area contributed by atoms with E-state index in [9.17, 15) is 4.79 Å². The number of rotatable bonds is 6. The smallest absolute Gasteiger partial charge is 0.251 e. The van der Waals surface area contributed by atoms with Crippen LogP contribution in [0, 0.1) is 0 Å². The molecule has 1 aromatic rings. The molecule has 0 aliphatic carbocycles. The summed E-state index contributed by atoms with van der Waals surface area (Å²) in [5.41, 5.74) is 1.44. The van der Waals surface area contributed by atoms with Crippen molar-refractivity contribution in [2.75, 3.05) is 26.2 Å². The highest BCUT2D eigenvalue weighted by molar-refractivity contribution is 5.94. The minimum atomic E-state index is -0.0479. The maximum atomic E-state index is 12.1. The zero-order valence-electron chi connectivity index (χ0n) is 12.3. The van der Waals surface area contributed by atoms with Gasteiger partial charge in [-0.1, -0.05) is 12.1 Å². The Morgan fingerprint density at radius 3 is 2.43 bits per heavy atom. The van der Waals surface area contributed by atoms with Gasteiger partial charge in [0.1, 0.15) is 0 Å². The molecule has 1 aliphatic heterocycles. The van der Waals surface area contributed by atoms with E-state index in [1.807, 2.05) is 0 Å². The topological polar surface area (TPSA) is 72.8 Å². The summed E-state index contributed by atoms with van der Waals surface area (Å²) in [4.78, 5) is 14.5. The second-order valence-corrected chi connectivity index (χ2v) is 5.52. The standard InChI is InChI=1S/C16H24N2O3/c19-11-1-8-18-9-6-15(7-10-18)17-16(21)14-4-2-13(12-20)3-5-14/h2-5,15,19-20H,1,6-12H2,(H,17,21). The SMILES string of the molecule is O=C(NC1CCN(CCCO)CC1)c1ccc(CO)cc1. The third kappa shape index (κ3) is 4.81. The number of aliphatic hydroxyl groups excluding tert-OH is 2. The fourth-order valence-electron chi connectivity index (χ4n) is 2.63. The number of nitrogens with zero attached hydrogens (tertiary/aromatic N) is 1. The number of nitrogens with one attached hydrogen (secondary N) is 1. The molecule has 1 saturated heterocycles. The number of carbonyl (C=O) groups is 1. The molecule has 116 valence electrons. The molecular formula is C16H24N2O3. The van der Waals surface area contributed by atoms with Gasteiger partial charge in [-0.15, -0.1) is 0 Å². The van der Waals surface area contributed by atoms with Crippen LogP contribution in [0.15, 0.2) is 24.3 Å². The molecule has 5 nitrogen and oxygen atoms in total. The number of carbonyl (C=O) groups excluding carboxylic acids is 1. The number of hydrogen-bond donors (Lipinski definition) is 3. The highest BCUT2D eigenvalue weighted by Gasteiger charge is 2.20. The highest BCUT2D eigenvalue weighted by atomic mass is 16.3. The number of piperidine rings is 1. The van der Waals surface area contributed by atoms with Gasteiger partial charge in [-0.05, 0) is 37.0 Å². The molecule has 1 fully saturated rings. The van der Waals surface area contributed by atoms with Crippen molar-refractivity contribution in [2.45, 2.75) is 31.9 Å². The fraction of sp³-hybridized carbons (Fsp3) is 0.562. The van der Waals surface area contributed by atoms with Crippen molar-refractivity contribution in [3.63, 3.8) is 0 Å². The lowest BCUT2D eigenvalue weighted by atomic mass is 10.0. The van der Waals surface area contributed by atoms with Crippen LogP contribution in [-0.4, -0.2) is 53.3 Å². The first-order valence-electron chi connectivity index (χ1n) is 7.57. The van der Waals surface area contributed by atoms with Gasteiger partial charge in [-0.25, -0.2) is 0 Å². The van der Waals surface area contributed by atoms with E-state index >= 15 is 0 Å². The normalized spacial score (nSPS) is 16.9. The molecule has 2 rings (SSSR count). The Bertz CT molecular complexity index is 439. The molecule has 0 atom stereocenters. The van der Waals surface area contributed by atoms with E-state index in [0.29, 0.717) is 5.56 Å². The van der Waals surface area contributed by atoms with Crippen molar-refractivity contribution in [3.05, 3.63) is 35.4 Å². The first kappa shape index (κ1) is 15.9. The molecule has 0 unspecified atom stereocenters. The lowest BCUT2D eigenvalue weighted by Gasteiger charge is -2.32. The average Bonchev–Trinajstić information content (AvgIpc) is 2.54. The summed E-state index contributed by atoms with van der Waals surface area (Å²) in [6.45, 7) is 3.09. The van der Waals surface area contributed by atoms with E-state index in [1.165, 1.54) is 0 Å². The third-order valence-corrected chi connectivity index (χ3v) is 3.95. The van der Waals surface area contributed by atoms with Crippen LogP contribution in [0.3, 0.4) is 0 Å². The van der Waals surface area contributed by atoms with Gasteiger partial charge >= 0.3 is 0 Å². The number of amides is 1. The summed E-state index contributed by atoms with van der Waals surface area (Å²) in [5.74, 6) is -0.0479. The van der Waals surface area contributed by atoms with E-state index in [0.717, 1.165) is 44.5 Å². The van der Waals surface area contributed by atoms with Crippen LogP contribution >= 0.6 is 0 Å². The maximum Gasteiger partial charge on any atom is 0.251 e. The lowest BCUT2D eigenvalue weighted by molar-refractivity contribution is 0.0909. The van der Waals surface area contributed by atoms with Gasteiger partial charge in [0, 0.05) is 37.8 Å². The lowest BCUT2D eigenvalue weighted by Crippen LogP contribution is -2.44. The molecule has 0 bridgehead atoms. The van der Waals surface area contributed by atoms with Crippen molar-refractivity contribution in [3.8, 4) is 0 Å². The van der Waals surface area contributed by atoms with E-state index in [4.69, 9.17) is 10.2 Å². The molecule has 0 spiro atoms.